The van der Waals surface area contributed by atoms with Gasteiger partial charge >= 0.3 is 0 Å². The zero-order valence-corrected chi connectivity index (χ0v) is 34.7. The third-order valence-electron chi connectivity index (χ3n) is 13.5. The van der Waals surface area contributed by atoms with Crippen molar-refractivity contribution in [2.45, 2.75) is 0 Å². The molecular weight excluding hydrogens is 777 g/mol. The Morgan fingerprint density at radius 2 is 0.562 bits per heavy atom. The number of aromatic nitrogens is 4. The molecule has 14 aromatic rings. The molecule has 0 saturated carbocycles. The molecule has 14 rings (SSSR count). The molecule has 0 atom stereocenters. The van der Waals surface area contributed by atoms with Crippen molar-refractivity contribution in [3.05, 3.63) is 231 Å². The van der Waals surface area contributed by atoms with E-state index in [0.717, 1.165) is 33.9 Å². The summed E-state index contributed by atoms with van der Waals surface area (Å²) in [5, 5.41) is 9.97. The minimum absolute atomic E-state index is 1.12. The number of fused-ring (bicyclic) bond motifs is 14. The Morgan fingerprint density at radius 1 is 0.203 bits per heavy atom. The number of para-hydroxylation sites is 6. The Morgan fingerprint density at radius 3 is 1.08 bits per heavy atom. The Kier molecular flexibility index (Phi) is 7.36. The number of hydrogen-bond acceptors (Lipinski definition) is 0. The second kappa shape index (κ2) is 13.4. The third-order valence-corrected chi connectivity index (χ3v) is 13.5. The maximum absolute atomic E-state index is 2.49. The second-order valence-electron chi connectivity index (χ2n) is 16.9. The van der Waals surface area contributed by atoms with E-state index in [0.29, 0.717) is 0 Å². The minimum Gasteiger partial charge on any atom is -0.309 e. The van der Waals surface area contributed by atoms with Crippen LogP contribution in [0.4, 0.5) is 0 Å². The van der Waals surface area contributed by atoms with Gasteiger partial charge in [0.05, 0.1) is 44.1 Å². The van der Waals surface area contributed by atoms with Crippen molar-refractivity contribution in [3.63, 3.8) is 0 Å². The normalized spacial score (nSPS) is 12.1. The highest BCUT2D eigenvalue weighted by Gasteiger charge is 2.23. The van der Waals surface area contributed by atoms with Crippen molar-refractivity contribution in [1.29, 1.82) is 0 Å². The summed E-state index contributed by atoms with van der Waals surface area (Å²) < 4.78 is 9.85. The topological polar surface area (TPSA) is 19.7 Å². The van der Waals surface area contributed by atoms with Gasteiger partial charge in [0.15, 0.2) is 0 Å². The lowest BCUT2D eigenvalue weighted by molar-refractivity contribution is 1.15. The maximum Gasteiger partial charge on any atom is 0.0788 e. The molecule has 0 radical (unpaired) electrons. The molecule has 4 heterocycles. The SMILES string of the molecule is c1ccc(-n2c3ccccc3c3ccc4c(c5ccccc5n4-c4cccc(-c5cccc(-n6c7ccccc7c7ccc8c9ccccc9n(-c9ccccc9)c8c76)c5)c4)c32)cc1. The van der Waals surface area contributed by atoms with E-state index in [1.165, 1.54) is 87.2 Å². The highest BCUT2D eigenvalue weighted by atomic mass is 15.0. The van der Waals surface area contributed by atoms with Gasteiger partial charge in [0.25, 0.3) is 0 Å². The Bertz CT molecular complexity index is 4180. The van der Waals surface area contributed by atoms with Gasteiger partial charge in [-0.2, -0.15) is 0 Å². The largest absolute Gasteiger partial charge is 0.309 e. The first-order valence-corrected chi connectivity index (χ1v) is 22.0. The fraction of sp³-hybridized carbons (Fsp3) is 0. The minimum atomic E-state index is 1.12. The van der Waals surface area contributed by atoms with Crippen LogP contribution in [-0.2, 0) is 0 Å². The van der Waals surface area contributed by atoms with Crippen LogP contribution in [0.3, 0.4) is 0 Å². The standard InChI is InChI=1S/C60H38N4/c1-3-19-41(20-4-1)62-52-29-11-7-25-45(52)48-35-36-56-57(58(48)62)51-28-10-14-32-55(51)61(56)43-23-15-17-39(37-43)40-18-16-24-44(38-40)64-54-31-13-9-27-47(54)50-34-33-49-46-26-8-12-30-53(46)63(59(49)60(50)64)42-21-5-2-6-22-42/h1-38H. The molecule has 0 aliphatic rings. The van der Waals surface area contributed by atoms with Crippen molar-refractivity contribution in [1.82, 2.24) is 18.3 Å². The zero-order valence-electron chi connectivity index (χ0n) is 34.7. The Hall–Kier alpha value is -8.60. The van der Waals surface area contributed by atoms with Gasteiger partial charge in [0.2, 0.25) is 0 Å². The van der Waals surface area contributed by atoms with Crippen LogP contribution in [0, 0.1) is 0 Å². The van der Waals surface area contributed by atoms with Crippen LogP contribution in [0.1, 0.15) is 0 Å². The van der Waals surface area contributed by atoms with Crippen LogP contribution in [0.2, 0.25) is 0 Å². The molecule has 0 amide bonds. The number of hydrogen-bond donors (Lipinski definition) is 0. The van der Waals surface area contributed by atoms with Crippen molar-refractivity contribution >= 4 is 87.2 Å². The molecule has 4 heteroatoms. The molecule has 0 spiro atoms. The molecule has 0 bridgehead atoms. The number of rotatable bonds is 5. The van der Waals surface area contributed by atoms with E-state index in [2.05, 4.69) is 249 Å². The van der Waals surface area contributed by atoms with Crippen LogP contribution < -0.4 is 0 Å². The van der Waals surface area contributed by atoms with E-state index >= 15 is 0 Å². The molecular formula is C60H38N4. The number of benzene rings is 10. The van der Waals surface area contributed by atoms with Crippen LogP contribution in [0.25, 0.3) is 121 Å². The zero-order chi connectivity index (χ0) is 41.9. The quantitative estimate of drug-likeness (QED) is 0.165. The monoisotopic (exact) mass is 814 g/mol. The number of nitrogens with zero attached hydrogens (tertiary/aromatic N) is 4. The summed E-state index contributed by atoms with van der Waals surface area (Å²) in [4.78, 5) is 0. The fourth-order valence-corrected chi connectivity index (χ4v) is 10.9. The van der Waals surface area contributed by atoms with Crippen LogP contribution in [-0.4, -0.2) is 18.3 Å². The van der Waals surface area contributed by atoms with Gasteiger partial charge in [-0.3, -0.25) is 0 Å². The van der Waals surface area contributed by atoms with Crippen molar-refractivity contribution in [2.75, 3.05) is 0 Å². The smallest absolute Gasteiger partial charge is 0.0788 e. The predicted molar refractivity (Wildman–Crippen MR) is 269 cm³/mol. The van der Waals surface area contributed by atoms with E-state index < -0.39 is 0 Å². The van der Waals surface area contributed by atoms with Crippen molar-refractivity contribution in [2.24, 2.45) is 0 Å². The molecule has 10 aromatic carbocycles. The van der Waals surface area contributed by atoms with Gasteiger partial charge in [-0.1, -0.05) is 152 Å². The molecule has 4 nitrogen and oxygen atoms in total. The fourth-order valence-electron chi connectivity index (χ4n) is 10.9. The molecule has 0 fully saturated rings. The highest BCUT2D eigenvalue weighted by Crippen LogP contribution is 2.44. The third kappa shape index (κ3) is 4.88. The summed E-state index contributed by atoms with van der Waals surface area (Å²) >= 11 is 0. The lowest BCUT2D eigenvalue weighted by Gasteiger charge is -2.14. The van der Waals surface area contributed by atoms with E-state index in [1.807, 2.05) is 0 Å². The Labute approximate surface area is 368 Å². The van der Waals surface area contributed by atoms with E-state index in [1.54, 1.807) is 0 Å². The lowest BCUT2D eigenvalue weighted by atomic mass is 10.0. The molecule has 0 N–H and O–H groups in total. The van der Waals surface area contributed by atoms with Crippen LogP contribution >= 0.6 is 0 Å². The maximum atomic E-state index is 2.49. The van der Waals surface area contributed by atoms with E-state index in [9.17, 15) is 0 Å². The first-order valence-electron chi connectivity index (χ1n) is 22.0. The van der Waals surface area contributed by atoms with Gasteiger partial charge in [-0.05, 0) is 90.0 Å². The van der Waals surface area contributed by atoms with Gasteiger partial charge in [0, 0.05) is 65.8 Å². The van der Waals surface area contributed by atoms with Gasteiger partial charge in [0.1, 0.15) is 0 Å². The van der Waals surface area contributed by atoms with E-state index in [-0.39, 0.29) is 0 Å². The van der Waals surface area contributed by atoms with Crippen molar-refractivity contribution < 1.29 is 0 Å². The predicted octanol–water partition coefficient (Wildman–Crippen LogP) is 15.7. The highest BCUT2D eigenvalue weighted by molar-refractivity contribution is 6.27. The summed E-state index contributed by atoms with van der Waals surface area (Å²) in [6.45, 7) is 0. The molecule has 0 aliphatic carbocycles. The van der Waals surface area contributed by atoms with Crippen LogP contribution in [0.5, 0.6) is 0 Å². The van der Waals surface area contributed by atoms with Crippen molar-refractivity contribution in [3.8, 4) is 33.9 Å². The summed E-state index contributed by atoms with van der Waals surface area (Å²) in [6, 6.07) is 84.4. The second-order valence-corrected chi connectivity index (χ2v) is 16.9. The van der Waals surface area contributed by atoms with Gasteiger partial charge in [-0.25, -0.2) is 0 Å². The molecule has 4 aromatic heterocycles. The molecule has 0 saturated heterocycles. The average Bonchev–Trinajstić information content (AvgIpc) is 4.10. The van der Waals surface area contributed by atoms with E-state index in [4.69, 9.17) is 0 Å². The lowest BCUT2D eigenvalue weighted by Crippen LogP contribution is -1.99. The van der Waals surface area contributed by atoms with Gasteiger partial charge < -0.3 is 18.3 Å². The summed E-state index contributed by atoms with van der Waals surface area (Å²) in [5.41, 5.74) is 16.5. The van der Waals surface area contributed by atoms with Gasteiger partial charge in [-0.15, -0.1) is 0 Å². The molecule has 0 unspecified atom stereocenters. The summed E-state index contributed by atoms with van der Waals surface area (Å²) in [7, 11) is 0. The summed E-state index contributed by atoms with van der Waals surface area (Å²) in [6.07, 6.45) is 0. The summed E-state index contributed by atoms with van der Waals surface area (Å²) in [5.74, 6) is 0. The molecule has 64 heavy (non-hydrogen) atoms. The first-order chi connectivity index (χ1) is 31.8. The molecule has 0 aliphatic heterocycles. The first kappa shape index (κ1) is 35.0. The average molecular weight is 815 g/mol. The molecule has 298 valence electrons. The Balaban J connectivity index is 0.996. The van der Waals surface area contributed by atoms with Crippen LogP contribution in [0.15, 0.2) is 231 Å².